The van der Waals surface area contributed by atoms with Gasteiger partial charge in [-0.1, -0.05) is 96.1 Å². The van der Waals surface area contributed by atoms with Crippen molar-refractivity contribution in [2.75, 3.05) is 0 Å². The van der Waals surface area contributed by atoms with Gasteiger partial charge in [0.25, 0.3) is 17.7 Å². The lowest BCUT2D eigenvalue weighted by Gasteiger charge is -2.69. The number of carbonyl (C=O) groups excluding carboxylic acids is 3. The standard InChI is InChI=1S/C33H33N3O3/c1-31(2)22-16-10-7-13-19(22)25(37)34-28(31)35-26(38)20-14-8-11-17-23(20)32(3,4)30(35)36-27(39)21-15-9-12-18-24(21)33(5,6)29(34)36/h7-18,28-30H,1-6H3. The molecule has 1 fully saturated rings. The molecule has 0 aliphatic carbocycles. The van der Waals surface area contributed by atoms with Crippen molar-refractivity contribution in [3.8, 4) is 0 Å². The second kappa shape index (κ2) is 7.38. The van der Waals surface area contributed by atoms with E-state index < -0.39 is 34.7 Å². The first-order chi connectivity index (χ1) is 18.4. The van der Waals surface area contributed by atoms with Crippen LogP contribution in [0, 0.1) is 0 Å². The van der Waals surface area contributed by atoms with Crippen molar-refractivity contribution in [3.05, 3.63) is 106 Å². The van der Waals surface area contributed by atoms with Crippen LogP contribution in [0.25, 0.3) is 0 Å². The molecule has 0 spiro atoms. The van der Waals surface area contributed by atoms with Crippen LogP contribution in [-0.4, -0.2) is 50.9 Å². The summed E-state index contributed by atoms with van der Waals surface area (Å²) < 4.78 is 0. The summed E-state index contributed by atoms with van der Waals surface area (Å²) in [6, 6.07) is 23.1. The van der Waals surface area contributed by atoms with Crippen LogP contribution in [0.15, 0.2) is 72.8 Å². The van der Waals surface area contributed by atoms with Gasteiger partial charge >= 0.3 is 0 Å². The minimum Gasteiger partial charge on any atom is -0.295 e. The van der Waals surface area contributed by atoms with Crippen LogP contribution < -0.4 is 0 Å². The first-order valence-electron chi connectivity index (χ1n) is 13.7. The fourth-order valence-corrected chi connectivity index (χ4v) is 8.08. The fourth-order valence-electron chi connectivity index (χ4n) is 8.08. The average Bonchev–Trinajstić information content (AvgIpc) is 2.92. The highest BCUT2D eigenvalue weighted by Crippen LogP contribution is 2.55. The largest absolute Gasteiger partial charge is 0.295 e. The van der Waals surface area contributed by atoms with Gasteiger partial charge in [0.05, 0.1) is 0 Å². The Kier molecular flexibility index (Phi) is 4.56. The number of hydrogen-bond acceptors (Lipinski definition) is 3. The molecule has 0 unspecified atom stereocenters. The van der Waals surface area contributed by atoms with E-state index in [0.29, 0.717) is 16.7 Å². The molecule has 0 atom stereocenters. The van der Waals surface area contributed by atoms with Crippen molar-refractivity contribution in [3.63, 3.8) is 0 Å². The van der Waals surface area contributed by atoms with E-state index >= 15 is 0 Å². The molecule has 198 valence electrons. The zero-order chi connectivity index (χ0) is 27.6. The van der Waals surface area contributed by atoms with E-state index in [1.54, 1.807) is 0 Å². The molecule has 3 amide bonds. The highest BCUT2D eigenvalue weighted by molar-refractivity contribution is 6.04. The number of amides is 3. The van der Waals surface area contributed by atoms with Crippen molar-refractivity contribution >= 4 is 17.7 Å². The van der Waals surface area contributed by atoms with Crippen molar-refractivity contribution in [1.82, 2.24) is 14.7 Å². The van der Waals surface area contributed by atoms with Gasteiger partial charge in [0.2, 0.25) is 0 Å². The van der Waals surface area contributed by atoms with Gasteiger partial charge in [-0.05, 0) is 34.9 Å². The summed E-state index contributed by atoms with van der Waals surface area (Å²) in [5.41, 5.74) is 2.87. The number of carbonyl (C=O) groups is 3. The second-order valence-electron chi connectivity index (χ2n) is 13.1. The van der Waals surface area contributed by atoms with E-state index in [4.69, 9.17) is 0 Å². The van der Waals surface area contributed by atoms with Gasteiger partial charge in [0.15, 0.2) is 0 Å². The van der Waals surface area contributed by atoms with Crippen LogP contribution >= 0.6 is 0 Å². The van der Waals surface area contributed by atoms with Crippen molar-refractivity contribution in [1.29, 1.82) is 0 Å². The van der Waals surface area contributed by atoms with Crippen LogP contribution in [0.4, 0.5) is 0 Å². The van der Waals surface area contributed by atoms with Gasteiger partial charge in [-0.3, -0.25) is 29.1 Å². The number of benzene rings is 3. The highest BCUT2D eigenvalue weighted by atomic mass is 16.2. The Hall–Kier alpha value is -3.93. The summed E-state index contributed by atoms with van der Waals surface area (Å²) in [4.78, 5) is 49.2. The Labute approximate surface area is 229 Å². The molecule has 4 heterocycles. The van der Waals surface area contributed by atoms with Crippen LogP contribution in [0.5, 0.6) is 0 Å². The number of rotatable bonds is 0. The third-order valence-corrected chi connectivity index (χ3v) is 9.78. The molecular formula is C33H33N3O3. The summed E-state index contributed by atoms with van der Waals surface area (Å²) in [5, 5.41) is 0. The molecule has 6 nitrogen and oxygen atoms in total. The Morgan fingerprint density at radius 1 is 0.436 bits per heavy atom. The Balaban J connectivity index is 1.59. The van der Waals surface area contributed by atoms with E-state index in [9.17, 15) is 14.4 Å². The van der Waals surface area contributed by atoms with Crippen molar-refractivity contribution < 1.29 is 14.4 Å². The van der Waals surface area contributed by atoms with Crippen LogP contribution in [0.1, 0.15) is 89.3 Å². The maximum atomic E-state index is 14.5. The molecular weight excluding hydrogens is 486 g/mol. The summed E-state index contributed by atoms with van der Waals surface area (Å²) >= 11 is 0. The summed E-state index contributed by atoms with van der Waals surface area (Å²) in [5.74, 6) is -0.436. The molecule has 0 aromatic heterocycles. The average molecular weight is 520 g/mol. The second-order valence-corrected chi connectivity index (χ2v) is 13.1. The maximum absolute atomic E-state index is 14.5. The van der Waals surface area contributed by atoms with E-state index in [-0.39, 0.29) is 17.7 Å². The first-order valence-corrected chi connectivity index (χ1v) is 13.7. The van der Waals surface area contributed by atoms with E-state index in [1.165, 1.54) is 0 Å². The van der Waals surface area contributed by atoms with Gasteiger partial charge in [-0.2, -0.15) is 0 Å². The number of hydrogen-bond donors (Lipinski definition) is 0. The molecule has 0 radical (unpaired) electrons. The SMILES string of the molecule is CC1(C)c2ccccc2C(=O)N2C1N1C(=O)c3ccccc3C(C)(C)C1N1C(=O)c3ccccc3C(C)(C)C21. The minimum absolute atomic E-state index is 0.145. The maximum Gasteiger partial charge on any atom is 0.257 e. The first kappa shape index (κ1) is 24.1. The Bertz CT molecular complexity index is 1400. The molecule has 7 rings (SSSR count). The molecule has 0 bridgehead atoms. The van der Waals surface area contributed by atoms with Crippen molar-refractivity contribution in [2.45, 2.75) is 76.3 Å². The summed E-state index contributed by atoms with van der Waals surface area (Å²) in [7, 11) is 0. The number of fused-ring (bicyclic) bond motifs is 9. The Morgan fingerprint density at radius 3 is 0.923 bits per heavy atom. The van der Waals surface area contributed by atoms with Gasteiger partial charge in [0.1, 0.15) is 18.5 Å². The third kappa shape index (κ3) is 2.74. The molecule has 39 heavy (non-hydrogen) atoms. The van der Waals surface area contributed by atoms with Gasteiger partial charge < -0.3 is 0 Å². The van der Waals surface area contributed by atoms with Gasteiger partial charge in [-0.25, -0.2) is 0 Å². The monoisotopic (exact) mass is 519 g/mol. The predicted octanol–water partition coefficient (Wildman–Crippen LogP) is 5.28. The van der Waals surface area contributed by atoms with Crippen LogP contribution in [-0.2, 0) is 16.2 Å². The van der Waals surface area contributed by atoms with E-state index in [2.05, 4.69) is 41.5 Å². The predicted molar refractivity (Wildman–Crippen MR) is 148 cm³/mol. The highest BCUT2D eigenvalue weighted by Gasteiger charge is 2.67. The Morgan fingerprint density at radius 2 is 0.667 bits per heavy atom. The topological polar surface area (TPSA) is 60.9 Å². The number of nitrogens with zero attached hydrogens (tertiary/aromatic N) is 3. The molecule has 4 aliphatic heterocycles. The molecule has 4 aliphatic rings. The minimum atomic E-state index is -0.594. The molecule has 0 N–H and O–H groups in total. The molecule has 1 saturated heterocycles. The van der Waals surface area contributed by atoms with E-state index in [0.717, 1.165) is 16.7 Å². The lowest BCUT2D eigenvalue weighted by atomic mass is 9.65. The fraction of sp³-hybridized carbons (Fsp3) is 0.364. The van der Waals surface area contributed by atoms with Crippen LogP contribution in [0.2, 0.25) is 0 Å². The molecule has 3 aromatic carbocycles. The molecule has 0 saturated carbocycles. The van der Waals surface area contributed by atoms with E-state index in [1.807, 2.05) is 87.5 Å². The van der Waals surface area contributed by atoms with Crippen molar-refractivity contribution in [2.24, 2.45) is 0 Å². The quantitative estimate of drug-likeness (QED) is 0.406. The third-order valence-electron chi connectivity index (χ3n) is 9.78. The normalized spacial score (nSPS) is 27.1. The smallest absolute Gasteiger partial charge is 0.257 e. The lowest BCUT2D eigenvalue weighted by Crippen LogP contribution is -2.85. The summed E-state index contributed by atoms with van der Waals surface area (Å²) in [6.45, 7) is 12.7. The zero-order valence-electron chi connectivity index (χ0n) is 23.2. The summed E-state index contributed by atoms with van der Waals surface area (Å²) in [6.07, 6.45) is -1.74. The van der Waals surface area contributed by atoms with Gasteiger partial charge in [0, 0.05) is 32.9 Å². The van der Waals surface area contributed by atoms with Gasteiger partial charge in [-0.15, -0.1) is 0 Å². The lowest BCUT2D eigenvalue weighted by molar-refractivity contribution is -0.177. The molecule has 3 aromatic rings. The zero-order valence-corrected chi connectivity index (χ0v) is 23.2. The molecule has 6 heteroatoms. The van der Waals surface area contributed by atoms with Crippen LogP contribution in [0.3, 0.4) is 0 Å².